The Balaban J connectivity index is 2.22. The lowest BCUT2D eigenvalue weighted by molar-refractivity contribution is 0.0191. The van der Waals surface area contributed by atoms with Crippen LogP contribution in [0.15, 0.2) is 0 Å². The van der Waals surface area contributed by atoms with E-state index in [1.165, 1.54) is 4.90 Å². The zero-order valence-electron chi connectivity index (χ0n) is 12.1. The molecule has 20 heavy (non-hydrogen) atoms. The summed E-state index contributed by atoms with van der Waals surface area (Å²) in [6.45, 7) is 8.19. The molecule has 1 amide bonds. The minimum Gasteiger partial charge on any atom is -0.478 e. The third-order valence-corrected chi connectivity index (χ3v) is 3.02. The van der Waals surface area contributed by atoms with Gasteiger partial charge in [-0.2, -0.15) is 5.10 Å². The molecule has 0 aromatic carbocycles. The van der Waals surface area contributed by atoms with Crippen molar-refractivity contribution in [1.29, 1.82) is 0 Å². The summed E-state index contributed by atoms with van der Waals surface area (Å²) in [6, 6.07) is 0. The highest BCUT2D eigenvalue weighted by atomic mass is 16.6. The molecule has 0 atom stereocenters. The SMILES string of the molecule is Cc1nn2c(c1C(=O)O)CN(C(=O)OC(C)(C)C)CC2. The first-order valence-corrected chi connectivity index (χ1v) is 6.46. The maximum absolute atomic E-state index is 12.0. The van der Waals surface area contributed by atoms with Crippen molar-refractivity contribution in [3.8, 4) is 0 Å². The van der Waals surface area contributed by atoms with Gasteiger partial charge in [-0.15, -0.1) is 0 Å². The molecular formula is C13H19N3O4. The normalized spacial score (nSPS) is 14.9. The number of carboxylic acid groups (broad SMARTS) is 1. The van der Waals surface area contributed by atoms with Crippen molar-refractivity contribution >= 4 is 12.1 Å². The molecule has 1 aromatic rings. The minimum atomic E-state index is -1.02. The van der Waals surface area contributed by atoms with Crippen molar-refractivity contribution in [3.63, 3.8) is 0 Å². The molecule has 1 aromatic heterocycles. The summed E-state index contributed by atoms with van der Waals surface area (Å²) in [5.74, 6) is -1.02. The van der Waals surface area contributed by atoms with Crippen molar-refractivity contribution in [2.24, 2.45) is 0 Å². The minimum absolute atomic E-state index is 0.179. The highest BCUT2D eigenvalue weighted by Crippen LogP contribution is 2.21. The van der Waals surface area contributed by atoms with Gasteiger partial charge in [0.1, 0.15) is 11.2 Å². The summed E-state index contributed by atoms with van der Waals surface area (Å²) in [5.41, 5.74) is 0.629. The third-order valence-electron chi connectivity index (χ3n) is 3.02. The first kappa shape index (κ1) is 14.4. The van der Waals surface area contributed by atoms with E-state index in [2.05, 4.69) is 5.10 Å². The van der Waals surface area contributed by atoms with Crippen LogP contribution in [0.2, 0.25) is 0 Å². The summed E-state index contributed by atoms with van der Waals surface area (Å²) < 4.78 is 6.96. The Morgan fingerprint density at radius 2 is 1.95 bits per heavy atom. The van der Waals surface area contributed by atoms with Gasteiger partial charge in [0.05, 0.1) is 24.5 Å². The van der Waals surface area contributed by atoms with Gasteiger partial charge in [-0.3, -0.25) is 4.68 Å². The average Bonchev–Trinajstić information content (AvgIpc) is 2.61. The van der Waals surface area contributed by atoms with Crippen LogP contribution in [0.5, 0.6) is 0 Å². The lowest BCUT2D eigenvalue weighted by atomic mass is 10.1. The first-order valence-electron chi connectivity index (χ1n) is 6.46. The molecule has 7 nitrogen and oxygen atoms in total. The van der Waals surface area contributed by atoms with Crippen molar-refractivity contribution < 1.29 is 19.4 Å². The molecule has 0 fully saturated rings. The number of hydrogen-bond acceptors (Lipinski definition) is 4. The molecule has 0 spiro atoms. The quantitative estimate of drug-likeness (QED) is 0.846. The standard InChI is InChI=1S/C13H19N3O4/c1-8-10(11(17)18)9-7-15(5-6-16(9)14-8)12(19)20-13(2,3)4/h5-7H2,1-4H3,(H,17,18). The van der Waals surface area contributed by atoms with Crippen LogP contribution in [0.25, 0.3) is 0 Å². The van der Waals surface area contributed by atoms with Gasteiger partial charge in [-0.05, 0) is 27.7 Å². The zero-order valence-corrected chi connectivity index (χ0v) is 12.1. The van der Waals surface area contributed by atoms with Crippen molar-refractivity contribution in [3.05, 3.63) is 17.0 Å². The van der Waals surface area contributed by atoms with Gasteiger partial charge in [0.2, 0.25) is 0 Å². The number of fused-ring (bicyclic) bond motifs is 1. The number of carbonyl (C=O) groups is 2. The molecule has 110 valence electrons. The lowest BCUT2D eigenvalue weighted by Crippen LogP contribution is -2.42. The van der Waals surface area contributed by atoms with E-state index in [0.29, 0.717) is 24.5 Å². The van der Waals surface area contributed by atoms with Gasteiger partial charge >= 0.3 is 12.1 Å². The summed E-state index contributed by atoms with van der Waals surface area (Å²) >= 11 is 0. The molecule has 0 bridgehead atoms. The molecule has 1 aliphatic heterocycles. The number of hydrogen-bond donors (Lipinski definition) is 1. The number of rotatable bonds is 1. The smallest absolute Gasteiger partial charge is 0.410 e. The Kier molecular flexibility index (Phi) is 3.45. The van der Waals surface area contributed by atoms with Gasteiger partial charge in [0, 0.05) is 6.54 Å². The number of nitrogens with zero attached hydrogens (tertiary/aromatic N) is 3. The second kappa shape index (κ2) is 4.81. The van der Waals surface area contributed by atoms with Crippen molar-refractivity contribution in [2.75, 3.05) is 6.54 Å². The van der Waals surface area contributed by atoms with Gasteiger partial charge in [-0.1, -0.05) is 0 Å². The topological polar surface area (TPSA) is 84.7 Å². The van der Waals surface area contributed by atoms with Crippen LogP contribution in [-0.2, 0) is 17.8 Å². The van der Waals surface area contributed by atoms with E-state index in [9.17, 15) is 14.7 Å². The fraction of sp³-hybridized carbons (Fsp3) is 0.615. The second-order valence-electron chi connectivity index (χ2n) is 5.84. The fourth-order valence-corrected chi connectivity index (χ4v) is 2.21. The Morgan fingerprint density at radius 3 is 2.50 bits per heavy atom. The van der Waals surface area contributed by atoms with Crippen LogP contribution in [0.4, 0.5) is 4.79 Å². The summed E-state index contributed by atoms with van der Waals surface area (Å²) in [5, 5.41) is 13.4. The average molecular weight is 281 g/mol. The van der Waals surface area contributed by atoms with Gasteiger partial charge < -0.3 is 14.7 Å². The molecule has 2 rings (SSSR count). The van der Waals surface area contributed by atoms with E-state index in [-0.39, 0.29) is 12.1 Å². The number of carbonyl (C=O) groups excluding carboxylic acids is 1. The maximum atomic E-state index is 12.0. The Bertz CT molecular complexity index is 557. The van der Waals surface area contributed by atoms with Crippen LogP contribution in [-0.4, -0.2) is 44.0 Å². The lowest BCUT2D eigenvalue weighted by Gasteiger charge is -2.30. The predicted octanol–water partition coefficient (Wildman–Crippen LogP) is 1.64. The van der Waals surface area contributed by atoms with E-state index in [0.717, 1.165) is 0 Å². The number of carboxylic acids is 1. The molecule has 0 saturated carbocycles. The second-order valence-corrected chi connectivity index (χ2v) is 5.84. The predicted molar refractivity (Wildman–Crippen MR) is 70.6 cm³/mol. The zero-order chi connectivity index (χ0) is 15.1. The molecule has 0 aliphatic carbocycles. The van der Waals surface area contributed by atoms with E-state index in [1.54, 1.807) is 32.4 Å². The molecule has 1 N–H and O–H groups in total. The van der Waals surface area contributed by atoms with Gasteiger partial charge in [0.15, 0.2) is 0 Å². The number of ether oxygens (including phenoxy) is 1. The van der Waals surface area contributed by atoms with Crippen LogP contribution in [0.3, 0.4) is 0 Å². The number of aryl methyl sites for hydroxylation is 1. The molecule has 0 unspecified atom stereocenters. The summed E-state index contributed by atoms with van der Waals surface area (Å²) in [6.07, 6.45) is -0.432. The molecule has 0 saturated heterocycles. The largest absolute Gasteiger partial charge is 0.478 e. The van der Waals surface area contributed by atoms with Crippen LogP contribution in [0.1, 0.15) is 42.5 Å². The molecule has 7 heteroatoms. The highest BCUT2D eigenvalue weighted by molar-refractivity contribution is 5.90. The highest BCUT2D eigenvalue weighted by Gasteiger charge is 2.30. The van der Waals surface area contributed by atoms with Crippen LogP contribution in [0, 0.1) is 6.92 Å². The van der Waals surface area contributed by atoms with Crippen LogP contribution >= 0.6 is 0 Å². The fourth-order valence-electron chi connectivity index (χ4n) is 2.21. The van der Waals surface area contributed by atoms with Gasteiger partial charge in [-0.25, -0.2) is 9.59 Å². The van der Waals surface area contributed by atoms with Crippen molar-refractivity contribution in [1.82, 2.24) is 14.7 Å². The first-order chi connectivity index (χ1) is 9.19. The monoisotopic (exact) mass is 281 g/mol. The Hall–Kier alpha value is -2.05. The van der Waals surface area contributed by atoms with Crippen LogP contribution < -0.4 is 0 Å². The molecule has 2 heterocycles. The summed E-state index contributed by atoms with van der Waals surface area (Å²) in [4.78, 5) is 24.8. The molecule has 0 radical (unpaired) electrons. The van der Waals surface area contributed by atoms with Crippen molar-refractivity contribution in [2.45, 2.75) is 46.4 Å². The Labute approximate surface area is 117 Å². The third kappa shape index (κ3) is 2.76. The number of amides is 1. The number of aromatic nitrogens is 2. The van der Waals surface area contributed by atoms with Gasteiger partial charge in [0.25, 0.3) is 0 Å². The number of aromatic carboxylic acids is 1. The summed E-state index contributed by atoms with van der Waals surface area (Å²) in [7, 11) is 0. The van der Waals surface area contributed by atoms with E-state index < -0.39 is 17.7 Å². The van der Waals surface area contributed by atoms with E-state index >= 15 is 0 Å². The van der Waals surface area contributed by atoms with E-state index in [4.69, 9.17) is 4.74 Å². The maximum Gasteiger partial charge on any atom is 0.410 e. The van der Waals surface area contributed by atoms with E-state index in [1.807, 2.05) is 0 Å². The molecule has 1 aliphatic rings. The Morgan fingerprint density at radius 1 is 1.30 bits per heavy atom. The molecular weight excluding hydrogens is 262 g/mol.